The van der Waals surface area contributed by atoms with Crippen molar-refractivity contribution in [2.75, 3.05) is 43.6 Å². The van der Waals surface area contributed by atoms with Crippen molar-refractivity contribution in [3.8, 4) is 11.1 Å². The fraction of sp³-hybridized carbons (Fsp3) is 0.344. The second-order valence-electron chi connectivity index (χ2n) is 10.7. The number of rotatable bonds is 13. The summed E-state index contributed by atoms with van der Waals surface area (Å²) in [5.74, 6) is 1.12. The topological polar surface area (TPSA) is 156 Å². The molecule has 240 valence electrons. The molecule has 6 rings (SSSR count). The van der Waals surface area contributed by atoms with E-state index in [9.17, 15) is 9.59 Å². The van der Waals surface area contributed by atoms with Gasteiger partial charge in [-0.3, -0.25) is 4.57 Å². The van der Waals surface area contributed by atoms with Crippen LogP contribution in [0, 0.1) is 12.8 Å². The molecule has 4 aromatic rings. The van der Waals surface area contributed by atoms with Crippen molar-refractivity contribution in [1.82, 2.24) is 24.8 Å². The fourth-order valence-electron chi connectivity index (χ4n) is 5.71. The number of thioether (sulfide) groups is 1. The average molecular weight is 664 g/mol. The summed E-state index contributed by atoms with van der Waals surface area (Å²) in [6.45, 7) is 1.11. The van der Waals surface area contributed by atoms with Crippen LogP contribution in [-0.2, 0) is 19.0 Å². The minimum absolute atomic E-state index is 0.0757. The van der Waals surface area contributed by atoms with Gasteiger partial charge in [0.1, 0.15) is 18.9 Å². The first kappa shape index (κ1) is 32.0. The molecule has 14 heteroatoms. The van der Waals surface area contributed by atoms with Gasteiger partial charge in [-0.2, -0.15) is 21.7 Å². The van der Waals surface area contributed by atoms with Gasteiger partial charge in [-0.15, -0.1) is 0 Å². The van der Waals surface area contributed by atoms with Crippen molar-refractivity contribution in [3.05, 3.63) is 84.1 Å². The van der Waals surface area contributed by atoms with Crippen LogP contribution >= 0.6 is 23.4 Å². The lowest BCUT2D eigenvalue weighted by molar-refractivity contribution is -0.143. The molecule has 1 saturated heterocycles. The smallest absolute Gasteiger partial charge is 0.407 e. The molecule has 0 bridgehead atoms. The number of carbonyl (C=O) groups is 2. The Balaban J connectivity index is 0.983. The lowest BCUT2D eigenvalue weighted by Gasteiger charge is -2.19. The Bertz CT molecular complexity index is 1660. The first-order valence-electron chi connectivity index (χ1n) is 14.9. The number of hydrogen-bond acceptors (Lipinski definition) is 11. The van der Waals surface area contributed by atoms with Gasteiger partial charge in [-0.05, 0) is 52.4 Å². The molecule has 2 aromatic heterocycles. The number of amides is 1. The number of ether oxygens (including phenoxy) is 3. The van der Waals surface area contributed by atoms with Crippen LogP contribution < -0.4 is 16.4 Å². The third-order valence-electron chi connectivity index (χ3n) is 7.86. The number of hydrogen-bond donors (Lipinski definition) is 3. The summed E-state index contributed by atoms with van der Waals surface area (Å²) in [4.78, 5) is 38.3. The SMILES string of the molecule is COC(=O)[C@H](CCSC[C@@H]1[CH][CH][C@H](n2cnc3c(NCCN)nc(Cl)nc32)O1)NC(=O)OCC1c2ccccc2-c2ccccc21. The van der Waals surface area contributed by atoms with E-state index in [2.05, 4.69) is 49.9 Å². The van der Waals surface area contributed by atoms with Gasteiger partial charge in [0.25, 0.3) is 0 Å². The van der Waals surface area contributed by atoms with Crippen molar-refractivity contribution < 1.29 is 23.8 Å². The maximum absolute atomic E-state index is 12.8. The zero-order valence-electron chi connectivity index (χ0n) is 25.1. The Labute approximate surface area is 275 Å². The van der Waals surface area contributed by atoms with Gasteiger partial charge in [0.05, 0.1) is 19.5 Å². The zero-order valence-corrected chi connectivity index (χ0v) is 26.7. The summed E-state index contributed by atoms with van der Waals surface area (Å²) < 4.78 is 18.6. The van der Waals surface area contributed by atoms with Crippen molar-refractivity contribution in [1.29, 1.82) is 0 Å². The Morgan fingerprint density at radius 3 is 2.57 bits per heavy atom. The summed E-state index contributed by atoms with van der Waals surface area (Å²) in [6, 6.07) is 15.4. The van der Waals surface area contributed by atoms with Gasteiger partial charge in [0.15, 0.2) is 17.0 Å². The number of carbonyl (C=O) groups excluding carboxylic acids is 2. The second-order valence-corrected chi connectivity index (χ2v) is 12.2. The van der Waals surface area contributed by atoms with E-state index < -0.39 is 24.3 Å². The number of alkyl carbamates (subject to hydrolysis) is 1. The van der Waals surface area contributed by atoms with Crippen molar-refractivity contribution in [2.45, 2.75) is 30.7 Å². The number of fused-ring (bicyclic) bond motifs is 4. The van der Waals surface area contributed by atoms with Crippen LogP contribution in [0.5, 0.6) is 0 Å². The van der Waals surface area contributed by atoms with Crippen LogP contribution in [0.1, 0.15) is 29.7 Å². The lowest BCUT2D eigenvalue weighted by Crippen LogP contribution is -2.42. The monoisotopic (exact) mass is 663 g/mol. The summed E-state index contributed by atoms with van der Waals surface area (Å²) in [6.07, 6.45) is 4.67. The molecule has 2 aromatic carbocycles. The third kappa shape index (κ3) is 6.92. The predicted molar refractivity (Wildman–Crippen MR) is 176 cm³/mol. The molecular weight excluding hydrogens is 630 g/mol. The van der Waals surface area contributed by atoms with E-state index >= 15 is 0 Å². The van der Waals surface area contributed by atoms with Gasteiger partial charge < -0.3 is 30.6 Å². The van der Waals surface area contributed by atoms with E-state index in [1.54, 1.807) is 22.7 Å². The molecule has 1 amide bonds. The molecule has 1 aliphatic heterocycles. The van der Waals surface area contributed by atoms with Crippen LogP contribution in [0.4, 0.5) is 10.6 Å². The molecule has 1 fully saturated rings. The number of nitrogens with two attached hydrogens (primary N) is 1. The molecule has 1 aliphatic carbocycles. The van der Waals surface area contributed by atoms with Gasteiger partial charge >= 0.3 is 12.1 Å². The number of benzene rings is 2. The summed E-state index contributed by atoms with van der Waals surface area (Å²) in [5, 5.41) is 5.90. The minimum Gasteiger partial charge on any atom is -0.467 e. The van der Waals surface area contributed by atoms with E-state index in [4.69, 9.17) is 31.5 Å². The highest BCUT2D eigenvalue weighted by Crippen LogP contribution is 2.44. The number of imidazole rings is 1. The second kappa shape index (κ2) is 14.7. The van der Waals surface area contributed by atoms with Crippen molar-refractivity contribution in [3.63, 3.8) is 0 Å². The van der Waals surface area contributed by atoms with Gasteiger partial charge in [0, 0.05) is 31.2 Å². The first-order valence-corrected chi connectivity index (χ1v) is 16.4. The first-order chi connectivity index (χ1) is 22.5. The van der Waals surface area contributed by atoms with Crippen molar-refractivity contribution >= 4 is 52.4 Å². The van der Waals surface area contributed by atoms with Crippen LogP contribution in [-0.4, -0.2) is 82.0 Å². The molecule has 0 unspecified atom stereocenters. The van der Waals surface area contributed by atoms with Crippen LogP contribution in [0.25, 0.3) is 22.3 Å². The number of aromatic nitrogens is 4. The maximum atomic E-state index is 12.8. The fourth-order valence-corrected chi connectivity index (χ4v) is 6.86. The zero-order chi connectivity index (χ0) is 32.0. The molecule has 0 spiro atoms. The van der Waals surface area contributed by atoms with Gasteiger partial charge in [-0.1, -0.05) is 48.5 Å². The summed E-state index contributed by atoms with van der Waals surface area (Å²) >= 11 is 7.76. The van der Waals surface area contributed by atoms with Crippen LogP contribution in [0.3, 0.4) is 0 Å². The molecule has 3 atom stereocenters. The molecule has 2 aliphatic rings. The Morgan fingerprint density at radius 2 is 1.85 bits per heavy atom. The third-order valence-corrected chi connectivity index (χ3v) is 9.12. The number of nitrogens with zero attached hydrogens (tertiary/aromatic N) is 4. The number of esters is 1. The molecule has 2 radical (unpaired) electrons. The van der Waals surface area contributed by atoms with E-state index in [-0.39, 0.29) is 23.9 Å². The Kier molecular flexibility index (Phi) is 10.2. The highest BCUT2D eigenvalue weighted by molar-refractivity contribution is 7.99. The van der Waals surface area contributed by atoms with E-state index in [0.29, 0.717) is 48.0 Å². The number of halogens is 1. The molecule has 0 saturated carbocycles. The highest BCUT2D eigenvalue weighted by Gasteiger charge is 2.31. The quantitative estimate of drug-likeness (QED) is 0.106. The van der Waals surface area contributed by atoms with E-state index in [1.807, 2.05) is 37.1 Å². The molecule has 3 heterocycles. The number of methoxy groups -OCH3 is 1. The normalized spacial score (nSPS) is 17.8. The van der Waals surface area contributed by atoms with Gasteiger partial charge in [0.2, 0.25) is 5.28 Å². The highest BCUT2D eigenvalue weighted by atomic mass is 35.5. The maximum Gasteiger partial charge on any atom is 0.407 e. The van der Waals surface area contributed by atoms with E-state index in [1.165, 1.54) is 7.11 Å². The molecular formula is C32H34ClN7O5S. The lowest BCUT2D eigenvalue weighted by atomic mass is 9.98. The standard InChI is InChI=1S/C32H34ClN7O5S/c1-43-30(41)25(37-32(42)44-16-24-22-8-4-2-6-20(22)21-7-3-5-9-23(21)24)12-15-46-17-19-10-11-26(45-19)40-18-36-27-28(35-14-13-34)38-31(33)39-29(27)40/h2-11,18-19,24-26H,12-17,34H2,1H3,(H,37,42)(H,35,38,39)/t19-,25-,26+/m0/s1. The average Bonchev–Trinajstić information content (AvgIpc) is 3.79. The number of anilines is 1. The van der Waals surface area contributed by atoms with Crippen LogP contribution in [0.15, 0.2) is 54.9 Å². The molecule has 4 N–H and O–H groups in total. The Morgan fingerprint density at radius 1 is 1.11 bits per heavy atom. The summed E-state index contributed by atoms with van der Waals surface area (Å²) in [5.41, 5.74) is 11.2. The predicted octanol–water partition coefficient (Wildman–Crippen LogP) is 4.36. The van der Waals surface area contributed by atoms with Crippen molar-refractivity contribution in [2.24, 2.45) is 5.73 Å². The van der Waals surface area contributed by atoms with Gasteiger partial charge in [-0.25, -0.2) is 14.6 Å². The Hall–Kier alpha value is -3.91. The molecule has 46 heavy (non-hydrogen) atoms. The minimum atomic E-state index is -0.843. The van der Waals surface area contributed by atoms with Crippen LogP contribution in [0.2, 0.25) is 5.28 Å². The number of nitrogens with one attached hydrogen (secondary N) is 2. The molecule has 12 nitrogen and oxygen atoms in total. The largest absolute Gasteiger partial charge is 0.467 e. The van der Waals surface area contributed by atoms with E-state index in [0.717, 1.165) is 22.3 Å². The summed E-state index contributed by atoms with van der Waals surface area (Å²) in [7, 11) is 1.30.